The second kappa shape index (κ2) is 15.3. The first-order chi connectivity index (χ1) is 20.2. The summed E-state index contributed by atoms with van der Waals surface area (Å²) in [6, 6.07) is -0.0402. The molecule has 3 aliphatic rings. The van der Waals surface area contributed by atoms with E-state index in [0.717, 1.165) is 18.5 Å². The Balaban J connectivity index is 1.81. The van der Waals surface area contributed by atoms with Gasteiger partial charge in [-0.15, -0.1) is 0 Å². The summed E-state index contributed by atoms with van der Waals surface area (Å²) in [5.74, 6) is -1.10. The van der Waals surface area contributed by atoms with Crippen LogP contribution in [0.4, 0.5) is 0 Å². The Kier molecular flexibility index (Phi) is 12.6. The van der Waals surface area contributed by atoms with Gasteiger partial charge in [0.25, 0.3) is 0 Å². The minimum atomic E-state index is -1.42. The van der Waals surface area contributed by atoms with Crippen molar-refractivity contribution >= 4 is 11.9 Å². The standard InChI is InChI=1S/C33H53NO9/c1-9-25(39-8)22(4)29-30(43-29)31-33(7,40-18-17-34-31)15-10-11-20(2)28-21(3)12-13-26(41-23(5)35)32(6,38)16-14-24(36)19-27(37)42-28/h10-13,15,21-22,24-26,28-31,34,36,38H,9,14,16-19H2,1-8H3/b13-12+,15-10+,20-11+/t21?,22?,24?,25-,26-,28+,29?,30?,31?,32?,33?/m0/s1. The molecule has 0 bridgehead atoms. The third-order valence-corrected chi connectivity index (χ3v) is 9.05. The lowest BCUT2D eigenvalue weighted by atomic mass is 9.86. The minimum absolute atomic E-state index is 0.00505. The Bertz CT molecular complexity index is 1040. The summed E-state index contributed by atoms with van der Waals surface area (Å²) in [6.07, 6.45) is 7.93. The first-order valence-electron chi connectivity index (χ1n) is 15.6. The molecule has 3 N–H and O–H groups in total. The summed E-state index contributed by atoms with van der Waals surface area (Å²) in [4.78, 5) is 24.5. The summed E-state index contributed by atoms with van der Waals surface area (Å²) in [7, 11) is 1.74. The molecule has 0 amide bonds. The van der Waals surface area contributed by atoms with Crippen molar-refractivity contribution in [3.05, 3.63) is 36.0 Å². The SMILES string of the molecule is CC[C@H](OC)C(C)C1OC1C1NCCOC1(C)/C=C/C=C(\C)[C@H]1OC(=O)CC(O)CCC(C)(O)[C@@H](OC(C)=O)/C=C/C1C. The number of allylic oxidation sites excluding steroid dienone is 2. The number of aliphatic hydroxyl groups is 2. The van der Waals surface area contributed by atoms with E-state index in [1.54, 1.807) is 26.2 Å². The molecule has 0 saturated carbocycles. The highest BCUT2D eigenvalue weighted by Crippen LogP contribution is 2.40. The smallest absolute Gasteiger partial charge is 0.309 e. The van der Waals surface area contributed by atoms with Gasteiger partial charge in [-0.2, -0.15) is 0 Å². The molecule has 11 atom stereocenters. The van der Waals surface area contributed by atoms with Gasteiger partial charge in [-0.1, -0.05) is 45.1 Å². The quantitative estimate of drug-likeness (QED) is 0.155. The van der Waals surface area contributed by atoms with Crippen LogP contribution >= 0.6 is 0 Å². The van der Waals surface area contributed by atoms with Crippen LogP contribution < -0.4 is 5.32 Å². The number of ether oxygens (including phenoxy) is 5. The first-order valence-corrected chi connectivity index (χ1v) is 15.6. The largest absolute Gasteiger partial charge is 0.457 e. The molecular formula is C33H53NO9. The van der Waals surface area contributed by atoms with Gasteiger partial charge in [-0.05, 0) is 51.7 Å². The number of hydrogen-bond acceptors (Lipinski definition) is 10. The Labute approximate surface area is 256 Å². The molecule has 0 aliphatic carbocycles. The van der Waals surface area contributed by atoms with Crippen LogP contribution in [0.1, 0.15) is 74.1 Å². The zero-order valence-electron chi connectivity index (χ0n) is 27.1. The second-order valence-electron chi connectivity index (χ2n) is 12.8. The summed E-state index contributed by atoms with van der Waals surface area (Å²) < 4.78 is 29.4. The van der Waals surface area contributed by atoms with Crippen LogP contribution in [0.3, 0.4) is 0 Å². The van der Waals surface area contributed by atoms with Crippen LogP contribution in [0.25, 0.3) is 0 Å². The van der Waals surface area contributed by atoms with Crippen molar-refractivity contribution in [2.45, 2.75) is 128 Å². The first kappa shape index (κ1) is 35.4. The summed E-state index contributed by atoms with van der Waals surface area (Å²) in [5.41, 5.74) is -1.25. The van der Waals surface area contributed by atoms with E-state index in [4.69, 9.17) is 23.7 Å². The van der Waals surface area contributed by atoms with Gasteiger partial charge in [0.15, 0.2) is 0 Å². The van der Waals surface area contributed by atoms with E-state index in [0.29, 0.717) is 6.61 Å². The normalized spacial score (nSPS) is 40.1. The second-order valence-corrected chi connectivity index (χ2v) is 12.8. The van der Waals surface area contributed by atoms with E-state index in [1.165, 1.54) is 6.92 Å². The molecule has 2 saturated heterocycles. The number of nitrogens with one attached hydrogen (secondary N) is 1. The van der Waals surface area contributed by atoms with Gasteiger partial charge in [-0.25, -0.2) is 0 Å². The average Bonchev–Trinajstić information content (AvgIpc) is 3.73. The monoisotopic (exact) mass is 607 g/mol. The minimum Gasteiger partial charge on any atom is -0.457 e. The van der Waals surface area contributed by atoms with Crippen molar-refractivity contribution < 1.29 is 43.5 Å². The molecule has 244 valence electrons. The number of rotatable bonds is 9. The molecule has 3 rings (SSSR count). The van der Waals surface area contributed by atoms with Crippen molar-refractivity contribution in [3.8, 4) is 0 Å². The van der Waals surface area contributed by atoms with E-state index < -0.39 is 41.5 Å². The zero-order chi connectivity index (χ0) is 31.9. The summed E-state index contributed by atoms with van der Waals surface area (Å²) in [5, 5.41) is 25.1. The number of aliphatic hydroxyl groups excluding tert-OH is 1. The Morgan fingerprint density at radius 2 is 2.00 bits per heavy atom. The average molecular weight is 608 g/mol. The van der Waals surface area contributed by atoms with Crippen LogP contribution in [-0.4, -0.2) is 96.3 Å². The molecule has 43 heavy (non-hydrogen) atoms. The van der Waals surface area contributed by atoms with Crippen molar-refractivity contribution in [1.29, 1.82) is 0 Å². The Morgan fingerprint density at radius 1 is 1.28 bits per heavy atom. The van der Waals surface area contributed by atoms with Gasteiger partial charge in [0, 0.05) is 32.4 Å². The topological polar surface area (TPSA) is 136 Å². The van der Waals surface area contributed by atoms with E-state index in [1.807, 2.05) is 39.0 Å². The van der Waals surface area contributed by atoms with Crippen LogP contribution in [0.5, 0.6) is 0 Å². The van der Waals surface area contributed by atoms with Gasteiger partial charge in [0.2, 0.25) is 0 Å². The fourth-order valence-corrected chi connectivity index (χ4v) is 6.28. The number of esters is 2. The molecule has 10 heteroatoms. The maximum absolute atomic E-state index is 12.8. The molecule has 2 fully saturated rings. The molecule has 3 aliphatic heterocycles. The van der Waals surface area contributed by atoms with Gasteiger partial charge in [0.1, 0.15) is 29.5 Å². The summed E-state index contributed by atoms with van der Waals surface area (Å²) >= 11 is 0. The fourth-order valence-electron chi connectivity index (χ4n) is 6.28. The molecule has 10 nitrogen and oxygen atoms in total. The lowest BCUT2D eigenvalue weighted by Crippen LogP contribution is -2.58. The maximum Gasteiger partial charge on any atom is 0.309 e. The molecule has 0 aromatic carbocycles. The highest BCUT2D eigenvalue weighted by atomic mass is 16.6. The zero-order valence-corrected chi connectivity index (χ0v) is 27.1. The van der Waals surface area contributed by atoms with Crippen molar-refractivity contribution in [3.63, 3.8) is 0 Å². The Morgan fingerprint density at radius 3 is 2.65 bits per heavy atom. The number of cyclic esters (lactones) is 1. The lowest BCUT2D eigenvalue weighted by molar-refractivity contribution is -0.157. The van der Waals surface area contributed by atoms with E-state index in [9.17, 15) is 19.8 Å². The van der Waals surface area contributed by atoms with Gasteiger partial charge < -0.3 is 39.2 Å². The molecular weight excluding hydrogens is 554 g/mol. The van der Waals surface area contributed by atoms with Gasteiger partial charge in [0.05, 0.1) is 37.4 Å². The third-order valence-electron chi connectivity index (χ3n) is 9.05. The molecule has 8 unspecified atom stereocenters. The number of epoxide rings is 1. The Hall–Kier alpha value is -2.08. The predicted octanol–water partition coefficient (Wildman–Crippen LogP) is 3.40. The van der Waals surface area contributed by atoms with E-state index in [-0.39, 0.29) is 55.5 Å². The number of carbonyl (C=O) groups excluding carboxylic acids is 2. The number of carbonyl (C=O) groups is 2. The van der Waals surface area contributed by atoms with Crippen molar-refractivity contribution in [1.82, 2.24) is 5.32 Å². The summed E-state index contributed by atoms with van der Waals surface area (Å²) in [6.45, 7) is 14.3. The highest BCUT2D eigenvalue weighted by Gasteiger charge is 2.55. The van der Waals surface area contributed by atoms with Crippen LogP contribution in [0.15, 0.2) is 36.0 Å². The highest BCUT2D eigenvalue weighted by molar-refractivity contribution is 5.70. The van der Waals surface area contributed by atoms with Crippen molar-refractivity contribution in [2.24, 2.45) is 11.8 Å². The molecule has 0 radical (unpaired) electrons. The van der Waals surface area contributed by atoms with E-state index in [2.05, 4.69) is 19.2 Å². The van der Waals surface area contributed by atoms with Crippen LogP contribution in [0, 0.1) is 11.8 Å². The van der Waals surface area contributed by atoms with Crippen LogP contribution in [-0.2, 0) is 33.3 Å². The number of methoxy groups -OCH3 is 1. The number of morpholine rings is 1. The molecule has 0 aromatic heterocycles. The lowest BCUT2D eigenvalue weighted by Gasteiger charge is -2.39. The van der Waals surface area contributed by atoms with Crippen LogP contribution in [0.2, 0.25) is 0 Å². The number of hydrogen-bond donors (Lipinski definition) is 3. The molecule has 0 aromatic rings. The van der Waals surface area contributed by atoms with Crippen molar-refractivity contribution in [2.75, 3.05) is 20.3 Å². The molecule has 0 spiro atoms. The molecule has 3 heterocycles. The van der Waals surface area contributed by atoms with Gasteiger partial charge in [-0.3, -0.25) is 9.59 Å². The predicted molar refractivity (Wildman–Crippen MR) is 162 cm³/mol. The van der Waals surface area contributed by atoms with Gasteiger partial charge >= 0.3 is 11.9 Å². The fraction of sp³-hybridized carbons (Fsp3) is 0.758. The third kappa shape index (κ3) is 9.45. The maximum atomic E-state index is 12.8. The van der Waals surface area contributed by atoms with E-state index >= 15 is 0 Å².